The highest BCUT2D eigenvalue weighted by Gasteiger charge is 2.04. The van der Waals surface area contributed by atoms with Gasteiger partial charge < -0.3 is 0 Å². The van der Waals surface area contributed by atoms with Gasteiger partial charge in [-0.2, -0.15) is 0 Å². The zero-order valence-corrected chi connectivity index (χ0v) is 5.95. The van der Waals surface area contributed by atoms with Gasteiger partial charge in [0.05, 0.1) is 10.6 Å². The summed E-state index contributed by atoms with van der Waals surface area (Å²) in [7, 11) is 0. The SMILES string of the molecule is O=[N+]([O-])c1cccc(NNF)c1. The van der Waals surface area contributed by atoms with Crippen molar-refractivity contribution in [3.63, 3.8) is 0 Å². The van der Waals surface area contributed by atoms with Crippen LogP contribution in [0.2, 0.25) is 0 Å². The van der Waals surface area contributed by atoms with Crippen LogP contribution in [-0.2, 0) is 0 Å². The second kappa shape index (κ2) is 3.63. The van der Waals surface area contributed by atoms with Gasteiger partial charge in [-0.05, 0) is 6.07 Å². The molecule has 1 aromatic carbocycles. The summed E-state index contributed by atoms with van der Waals surface area (Å²) < 4.78 is 11.5. The smallest absolute Gasteiger partial charge is 0.271 e. The fourth-order valence-corrected chi connectivity index (χ4v) is 0.752. The number of non-ortho nitro benzene ring substituents is 1. The number of nitrogens with one attached hydrogen (secondary N) is 2. The molecule has 0 saturated heterocycles. The minimum absolute atomic E-state index is 0.0877. The predicted molar refractivity (Wildman–Crippen MR) is 41.0 cm³/mol. The van der Waals surface area contributed by atoms with E-state index in [0.29, 0.717) is 5.69 Å². The summed E-state index contributed by atoms with van der Waals surface area (Å²) in [6, 6.07) is 5.49. The van der Waals surface area contributed by atoms with E-state index in [2.05, 4.69) is 5.43 Å². The third kappa shape index (κ3) is 1.89. The number of hydrogen-bond acceptors (Lipinski definition) is 4. The van der Waals surface area contributed by atoms with Gasteiger partial charge in [0.25, 0.3) is 5.69 Å². The lowest BCUT2D eigenvalue weighted by Gasteiger charge is -1.99. The molecule has 2 N–H and O–H groups in total. The molecule has 0 radical (unpaired) electrons. The van der Waals surface area contributed by atoms with Crippen LogP contribution in [0.15, 0.2) is 24.3 Å². The Kier molecular flexibility index (Phi) is 2.54. The number of halogens is 1. The minimum atomic E-state index is -0.552. The van der Waals surface area contributed by atoms with Crippen LogP contribution >= 0.6 is 0 Å². The van der Waals surface area contributed by atoms with Gasteiger partial charge in [0.2, 0.25) is 0 Å². The Bertz CT molecular complexity index is 292. The molecule has 6 heteroatoms. The van der Waals surface area contributed by atoms with Gasteiger partial charge >= 0.3 is 0 Å². The van der Waals surface area contributed by atoms with Gasteiger partial charge in [-0.3, -0.25) is 15.5 Å². The number of hydrogen-bond donors (Lipinski definition) is 2. The highest BCUT2D eigenvalue weighted by molar-refractivity contribution is 5.49. The second-order valence-electron chi connectivity index (χ2n) is 2.03. The summed E-state index contributed by atoms with van der Waals surface area (Å²) in [5.74, 6) is 0. The molecule has 1 rings (SSSR count). The molecular weight excluding hydrogens is 165 g/mol. The van der Waals surface area contributed by atoms with Crippen molar-refractivity contribution in [2.24, 2.45) is 0 Å². The third-order valence-corrected chi connectivity index (χ3v) is 1.25. The topological polar surface area (TPSA) is 67.2 Å². The maximum atomic E-state index is 11.5. The molecule has 0 bridgehead atoms. The standard InChI is InChI=1S/C6H6FN3O2/c7-9-8-5-2-1-3-6(4-5)10(11)12/h1-4,8-9H. The molecule has 5 nitrogen and oxygen atoms in total. The Hall–Kier alpha value is -1.69. The van der Waals surface area contributed by atoms with Crippen LogP contribution in [0.1, 0.15) is 0 Å². The Labute approximate surface area is 67.3 Å². The number of rotatable bonds is 3. The Morgan fingerprint density at radius 3 is 2.83 bits per heavy atom. The number of nitrogens with zero attached hydrogens (tertiary/aromatic N) is 1. The van der Waals surface area contributed by atoms with Crippen molar-refractivity contribution in [3.05, 3.63) is 34.4 Å². The lowest BCUT2D eigenvalue weighted by molar-refractivity contribution is -0.384. The maximum Gasteiger partial charge on any atom is 0.271 e. The molecule has 0 unspecified atom stereocenters. The number of anilines is 1. The van der Waals surface area contributed by atoms with Gasteiger partial charge in [-0.25, -0.2) is 0 Å². The quantitative estimate of drug-likeness (QED) is 0.409. The number of hydrazine groups is 1. The lowest BCUT2D eigenvalue weighted by Crippen LogP contribution is -2.09. The Morgan fingerprint density at radius 2 is 2.25 bits per heavy atom. The summed E-state index contributed by atoms with van der Waals surface area (Å²) in [6.07, 6.45) is 0. The highest BCUT2D eigenvalue weighted by atomic mass is 19.2. The first-order valence-corrected chi connectivity index (χ1v) is 3.10. The lowest BCUT2D eigenvalue weighted by atomic mass is 10.3. The van der Waals surface area contributed by atoms with E-state index in [1.54, 1.807) is 0 Å². The average Bonchev–Trinajstić information content (AvgIpc) is 2.05. The van der Waals surface area contributed by atoms with Crippen molar-refractivity contribution >= 4 is 11.4 Å². The summed E-state index contributed by atoms with van der Waals surface area (Å²) in [6.45, 7) is 0. The molecule has 64 valence electrons. The summed E-state index contributed by atoms with van der Waals surface area (Å²) in [5, 5.41) is 10.2. The van der Waals surface area contributed by atoms with Crippen molar-refractivity contribution in [2.45, 2.75) is 0 Å². The zero-order chi connectivity index (χ0) is 8.97. The predicted octanol–water partition coefficient (Wildman–Crippen LogP) is 1.40. The van der Waals surface area contributed by atoms with Gasteiger partial charge in [0, 0.05) is 12.1 Å². The summed E-state index contributed by atoms with van der Waals surface area (Å²) in [4.78, 5) is 9.67. The molecule has 1 aromatic rings. The van der Waals surface area contributed by atoms with Crippen molar-refractivity contribution in [3.8, 4) is 0 Å². The first-order chi connectivity index (χ1) is 5.74. The van der Waals surface area contributed by atoms with E-state index in [1.807, 2.05) is 0 Å². The molecule has 0 aromatic heterocycles. The zero-order valence-electron chi connectivity index (χ0n) is 5.95. The number of nitro benzene ring substituents is 1. The van der Waals surface area contributed by atoms with Crippen LogP contribution < -0.4 is 11.1 Å². The molecule has 12 heavy (non-hydrogen) atoms. The molecule has 0 heterocycles. The first kappa shape index (κ1) is 8.41. The van der Waals surface area contributed by atoms with Crippen LogP contribution in [0, 0.1) is 10.1 Å². The molecule has 0 aliphatic carbocycles. The minimum Gasteiger partial charge on any atom is -0.294 e. The van der Waals surface area contributed by atoms with E-state index in [1.165, 1.54) is 29.9 Å². The Morgan fingerprint density at radius 1 is 1.50 bits per heavy atom. The van der Waals surface area contributed by atoms with E-state index < -0.39 is 4.92 Å². The average molecular weight is 171 g/mol. The normalized spacial score (nSPS) is 9.42. The van der Waals surface area contributed by atoms with E-state index in [9.17, 15) is 14.6 Å². The molecule has 0 saturated carbocycles. The van der Waals surface area contributed by atoms with Crippen LogP contribution in [0.4, 0.5) is 15.9 Å². The molecule has 0 aliphatic rings. The van der Waals surface area contributed by atoms with Gasteiger partial charge in [0.1, 0.15) is 0 Å². The number of benzene rings is 1. The first-order valence-electron chi connectivity index (χ1n) is 3.10. The maximum absolute atomic E-state index is 11.5. The fourth-order valence-electron chi connectivity index (χ4n) is 0.752. The van der Waals surface area contributed by atoms with Crippen molar-refractivity contribution in [2.75, 3.05) is 5.43 Å². The van der Waals surface area contributed by atoms with E-state index in [-0.39, 0.29) is 5.69 Å². The van der Waals surface area contributed by atoms with Crippen molar-refractivity contribution in [1.82, 2.24) is 5.65 Å². The largest absolute Gasteiger partial charge is 0.294 e. The van der Waals surface area contributed by atoms with Gasteiger partial charge in [0.15, 0.2) is 0 Å². The van der Waals surface area contributed by atoms with Crippen LogP contribution in [0.3, 0.4) is 0 Å². The van der Waals surface area contributed by atoms with Crippen molar-refractivity contribution < 1.29 is 9.40 Å². The summed E-state index contributed by atoms with van der Waals surface area (Å²) >= 11 is 0. The van der Waals surface area contributed by atoms with E-state index in [0.717, 1.165) is 0 Å². The van der Waals surface area contributed by atoms with E-state index >= 15 is 0 Å². The molecule has 0 aliphatic heterocycles. The third-order valence-electron chi connectivity index (χ3n) is 1.25. The fraction of sp³-hybridized carbons (Fsp3) is 0. The van der Waals surface area contributed by atoms with Gasteiger partial charge in [-0.15, -0.1) is 4.48 Å². The van der Waals surface area contributed by atoms with Crippen molar-refractivity contribution in [1.29, 1.82) is 0 Å². The van der Waals surface area contributed by atoms with E-state index in [4.69, 9.17) is 0 Å². The second-order valence-corrected chi connectivity index (χ2v) is 2.03. The Balaban J connectivity index is 2.88. The highest BCUT2D eigenvalue weighted by Crippen LogP contribution is 2.15. The van der Waals surface area contributed by atoms with Crippen LogP contribution in [0.5, 0.6) is 0 Å². The molecule has 0 fully saturated rings. The molecule has 0 spiro atoms. The summed E-state index contributed by atoms with van der Waals surface area (Å²) in [5.41, 5.74) is 3.47. The monoisotopic (exact) mass is 171 g/mol. The van der Waals surface area contributed by atoms with Gasteiger partial charge in [-0.1, -0.05) is 11.7 Å². The van der Waals surface area contributed by atoms with Crippen LogP contribution in [0.25, 0.3) is 0 Å². The number of nitro groups is 1. The molecule has 0 amide bonds. The van der Waals surface area contributed by atoms with Crippen LogP contribution in [-0.4, -0.2) is 4.92 Å². The molecular formula is C6H6FN3O2. The molecule has 0 atom stereocenters.